The van der Waals surface area contributed by atoms with E-state index < -0.39 is 0 Å². The summed E-state index contributed by atoms with van der Waals surface area (Å²) in [6, 6.07) is 18.3. The number of fused-ring (bicyclic) bond motifs is 3. The third-order valence-electron chi connectivity index (χ3n) is 3.76. The molecular formula is C17H14ClN3. The van der Waals surface area contributed by atoms with Crippen LogP contribution in [0.3, 0.4) is 0 Å². The molecule has 4 rings (SSSR count). The molecule has 4 heteroatoms. The lowest BCUT2D eigenvalue weighted by Crippen LogP contribution is -2.25. The highest BCUT2D eigenvalue weighted by molar-refractivity contribution is 6.30. The van der Waals surface area contributed by atoms with Gasteiger partial charge >= 0.3 is 0 Å². The first-order valence-electron chi connectivity index (χ1n) is 6.90. The number of anilines is 1. The molecule has 0 spiro atoms. The maximum Gasteiger partial charge on any atom is 0.147 e. The van der Waals surface area contributed by atoms with Crippen molar-refractivity contribution in [3.05, 3.63) is 70.9 Å². The van der Waals surface area contributed by atoms with Gasteiger partial charge in [-0.1, -0.05) is 41.9 Å². The van der Waals surface area contributed by atoms with Gasteiger partial charge in [-0.05, 0) is 36.8 Å². The van der Waals surface area contributed by atoms with Crippen LogP contribution in [0.25, 0.3) is 11.3 Å². The van der Waals surface area contributed by atoms with E-state index in [1.807, 2.05) is 41.9 Å². The average Bonchev–Trinajstić information content (AvgIpc) is 2.88. The number of para-hydroxylation sites is 1. The zero-order valence-corrected chi connectivity index (χ0v) is 12.3. The zero-order chi connectivity index (χ0) is 14.4. The molecule has 1 aromatic heterocycles. The predicted octanol–water partition coefficient (Wildman–Crippen LogP) is 4.48. The number of aryl methyl sites for hydroxylation is 1. The Balaban J connectivity index is 1.92. The molecule has 3 aromatic rings. The van der Waals surface area contributed by atoms with Gasteiger partial charge in [-0.25, -0.2) is 4.68 Å². The third kappa shape index (κ3) is 2.01. The first-order valence-corrected chi connectivity index (χ1v) is 7.28. The van der Waals surface area contributed by atoms with Crippen LogP contribution in [0.2, 0.25) is 5.02 Å². The number of aromatic nitrogens is 2. The van der Waals surface area contributed by atoms with Crippen molar-refractivity contribution in [3.8, 4) is 11.3 Å². The fourth-order valence-corrected chi connectivity index (χ4v) is 3.06. The highest BCUT2D eigenvalue weighted by atomic mass is 35.5. The largest absolute Gasteiger partial charge is 0.359 e. The molecule has 1 aliphatic rings. The summed E-state index contributed by atoms with van der Waals surface area (Å²) in [7, 11) is 0. The van der Waals surface area contributed by atoms with Gasteiger partial charge in [0.1, 0.15) is 6.17 Å². The van der Waals surface area contributed by atoms with Crippen molar-refractivity contribution in [2.75, 3.05) is 5.32 Å². The van der Waals surface area contributed by atoms with Crippen LogP contribution in [-0.4, -0.2) is 9.78 Å². The van der Waals surface area contributed by atoms with Gasteiger partial charge < -0.3 is 5.32 Å². The van der Waals surface area contributed by atoms with E-state index in [1.54, 1.807) is 0 Å². The third-order valence-corrected chi connectivity index (χ3v) is 4.00. The molecule has 2 aromatic carbocycles. The van der Waals surface area contributed by atoms with Crippen molar-refractivity contribution in [3.63, 3.8) is 0 Å². The van der Waals surface area contributed by atoms with Crippen molar-refractivity contribution in [1.29, 1.82) is 0 Å². The lowest BCUT2D eigenvalue weighted by molar-refractivity contribution is 0.571. The van der Waals surface area contributed by atoms with E-state index in [0.29, 0.717) is 0 Å². The van der Waals surface area contributed by atoms with E-state index in [2.05, 4.69) is 34.7 Å². The van der Waals surface area contributed by atoms with Crippen LogP contribution >= 0.6 is 11.6 Å². The summed E-state index contributed by atoms with van der Waals surface area (Å²) in [5, 5.41) is 8.94. The molecule has 0 fully saturated rings. The summed E-state index contributed by atoms with van der Waals surface area (Å²) >= 11 is 6.14. The van der Waals surface area contributed by atoms with Gasteiger partial charge in [0.05, 0.1) is 11.4 Å². The standard InChI is InChI=1S/C17H14ClN3/c1-11-9-16-14-7-2-3-8-15(14)19-17(21(16)20-11)12-5-4-6-13(18)10-12/h2-10,17,19H,1H3. The molecule has 0 radical (unpaired) electrons. The molecule has 1 atom stereocenters. The Labute approximate surface area is 128 Å². The maximum atomic E-state index is 6.14. The highest BCUT2D eigenvalue weighted by Crippen LogP contribution is 2.38. The molecule has 3 nitrogen and oxygen atoms in total. The molecule has 1 N–H and O–H groups in total. The monoisotopic (exact) mass is 295 g/mol. The molecule has 0 amide bonds. The Morgan fingerprint density at radius 3 is 2.81 bits per heavy atom. The van der Waals surface area contributed by atoms with Crippen LogP contribution in [0.4, 0.5) is 5.69 Å². The van der Waals surface area contributed by atoms with Crippen LogP contribution in [0.1, 0.15) is 17.4 Å². The minimum Gasteiger partial charge on any atom is -0.359 e. The summed E-state index contributed by atoms with van der Waals surface area (Å²) in [4.78, 5) is 0. The number of benzene rings is 2. The predicted molar refractivity (Wildman–Crippen MR) is 85.6 cm³/mol. The van der Waals surface area contributed by atoms with Crippen molar-refractivity contribution < 1.29 is 0 Å². The average molecular weight is 296 g/mol. The van der Waals surface area contributed by atoms with Crippen molar-refractivity contribution >= 4 is 17.3 Å². The second-order valence-corrected chi connectivity index (χ2v) is 5.70. The smallest absolute Gasteiger partial charge is 0.147 e. The van der Waals surface area contributed by atoms with E-state index in [4.69, 9.17) is 11.6 Å². The highest BCUT2D eigenvalue weighted by Gasteiger charge is 2.26. The molecule has 0 bridgehead atoms. The lowest BCUT2D eigenvalue weighted by Gasteiger charge is -2.29. The molecule has 0 saturated carbocycles. The van der Waals surface area contributed by atoms with Gasteiger partial charge in [-0.15, -0.1) is 0 Å². The molecule has 0 saturated heterocycles. The van der Waals surface area contributed by atoms with Crippen LogP contribution in [0.15, 0.2) is 54.6 Å². The van der Waals surface area contributed by atoms with Crippen LogP contribution in [0.5, 0.6) is 0 Å². The molecule has 2 heterocycles. The number of hydrogen-bond acceptors (Lipinski definition) is 2. The SMILES string of the molecule is Cc1cc2n(n1)C(c1cccc(Cl)c1)Nc1ccccc1-2. The molecule has 1 aliphatic heterocycles. The van der Waals surface area contributed by atoms with Gasteiger partial charge in [0.2, 0.25) is 0 Å². The number of hydrogen-bond donors (Lipinski definition) is 1. The van der Waals surface area contributed by atoms with E-state index >= 15 is 0 Å². The first-order chi connectivity index (χ1) is 10.2. The number of halogens is 1. The van der Waals surface area contributed by atoms with Crippen LogP contribution in [-0.2, 0) is 0 Å². The number of rotatable bonds is 1. The van der Waals surface area contributed by atoms with Gasteiger partial charge in [0, 0.05) is 16.3 Å². The molecule has 0 aliphatic carbocycles. The lowest BCUT2D eigenvalue weighted by atomic mass is 10.0. The van der Waals surface area contributed by atoms with Gasteiger partial charge in [0.25, 0.3) is 0 Å². The molecule has 104 valence electrons. The second-order valence-electron chi connectivity index (χ2n) is 5.26. The minimum atomic E-state index is -0.0395. The summed E-state index contributed by atoms with van der Waals surface area (Å²) in [5.41, 5.74) is 5.54. The summed E-state index contributed by atoms with van der Waals surface area (Å²) in [6.07, 6.45) is -0.0395. The zero-order valence-electron chi connectivity index (χ0n) is 11.5. The quantitative estimate of drug-likeness (QED) is 0.717. The van der Waals surface area contributed by atoms with E-state index in [9.17, 15) is 0 Å². The maximum absolute atomic E-state index is 6.14. The van der Waals surface area contributed by atoms with Crippen molar-refractivity contribution in [1.82, 2.24) is 9.78 Å². The molecular weight excluding hydrogens is 282 g/mol. The second kappa shape index (κ2) is 4.64. The first kappa shape index (κ1) is 12.5. The number of nitrogens with zero attached hydrogens (tertiary/aromatic N) is 2. The van der Waals surface area contributed by atoms with Gasteiger partial charge in [-0.3, -0.25) is 0 Å². The molecule has 1 unspecified atom stereocenters. The van der Waals surface area contributed by atoms with E-state index in [-0.39, 0.29) is 6.17 Å². The van der Waals surface area contributed by atoms with E-state index in [1.165, 1.54) is 5.56 Å². The van der Waals surface area contributed by atoms with Crippen LogP contribution in [0, 0.1) is 6.92 Å². The van der Waals surface area contributed by atoms with Crippen molar-refractivity contribution in [2.24, 2.45) is 0 Å². The minimum absolute atomic E-state index is 0.0395. The van der Waals surface area contributed by atoms with Crippen molar-refractivity contribution in [2.45, 2.75) is 13.1 Å². The van der Waals surface area contributed by atoms with Gasteiger partial charge in [-0.2, -0.15) is 5.10 Å². The van der Waals surface area contributed by atoms with Gasteiger partial charge in [0.15, 0.2) is 0 Å². The Morgan fingerprint density at radius 1 is 1.10 bits per heavy atom. The summed E-state index contributed by atoms with van der Waals surface area (Å²) in [5.74, 6) is 0. The van der Waals surface area contributed by atoms with E-state index in [0.717, 1.165) is 27.7 Å². The summed E-state index contributed by atoms with van der Waals surface area (Å²) in [6.45, 7) is 2.02. The Kier molecular flexibility index (Phi) is 2.76. The number of nitrogens with one attached hydrogen (secondary N) is 1. The fourth-order valence-electron chi connectivity index (χ4n) is 2.86. The molecule has 21 heavy (non-hydrogen) atoms. The normalized spacial score (nSPS) is 16.0. The summed E-state index contributed by atoms with van der Waals surface area (Å²) < 4.78 is 2.03. The Bertz CT molecular complexity index is 822. The Hall–Kier alpha value is -2.26. The topological polar surface area (TPSA) is 29.9 Å². The fraction of sp³-hybridized carbons (Fsp3) is 0.118. The Morgan fingerprint density at radius 2 is 1.95 bits per heavy atom. The van der Waals surface area contributed by atoms with Crippen LogP contribution < -0.4 is 5.32 Å².